The maximum Gasteiger partial charge on any atom is 0.260 e. The maximum absolute atomic E-state index is 13.8. The van der Waals surface area contributed by atoms with Crippen LogP contribution in [0.4, 0.5) is 20.3 Å². The lowest BCUT2D eigenvalue weighted by atomic mass is 9.93. The Balaban J connectivity index is 1.70. The van der Waals surface area contributed by atoms with Crippen LogP contribution in [-0.4, -0.2) is 53.0 Å². The van der Waals surface area contributed by atoms with Gasteiger partial charge in [0.1, 0.15) is 17.2 Å². The lowest BCUT2D eigenvalue weighted by molar-refractivity contribution is -0.111. The van der Waals surface area contributed by atoms with E-state index in [-0.39, 0.29) is 35.7 Å². The normalized spacial score (nSPS) is 19.8. The number of fused-ring (bicyclic) bond motifs is 1. The first-order valence-corrected chi connectivity index (χ1v) is 10.0. The first-order chi connectivity index (χ1) is 15.1. The molecule has 32 heavy (non-hydrogen) atoms. The third-order valence-electron chi connectivity index (χ3n) is 5.49. The van der Waals surface area contributed by atoms with Gasteiger partial charge in [-0.15, -0.1) is 0 Å². The molecule has 1 aromatic heterocycles. The molecule has 9 heteroatoms. The molecule has 1 unspecified atom stereocenters. The number of carbonyl (C=O) groups excluding carboxylic acids is 1. The van der Waals surface area contributed by atoms with Gasteiger partial charge in [-0.3, -0.25) is 4.79 Å². The van der Waals surface area contributed by atoms with E-state index in [1.54, 1.807) is 30.3 Å². The van der Waals surface area contributed by atoms with Gasteiger partial charge in [0.05, 0.1) is 24.0 Å². The summed E-state index contributed by atoms with van der Waals surface area (Å²) in [5, 5.41) is 21.2. The quantitative estimate of drug-likeness (QED) is 0.616. The Hall–Kier alpha value is -3.30. The lowest BCUT2D eigenvalue weighted by Crippen LogP contribution is -2.31. The molecule has 1 aromatic carbocycles. The van der Waals surface area contributed by atoms with E-state index in [4.69, 9.17) is 9.84 Å². The maximum atomic E-state index is 13.8. The monoisotopic (exact) mass is 443 g/mol. The molecule has 4 rings (SSSR count). The minimum Gasteiger partial charge on any atom is -0.482 e. The van der Waals surface area contributed by atoms with Crippen molar-refractivity contribution in [1.29, 1.82) is 0 Å². The Morgan fingerprint density at radius 3 is 2.62 bits per heavy atom. The van der Waals surface area contributed by atoms with Crippen molar-refractivity contribution in [1.82, 2.24) is 4.98 Å². The van der Waals surface area contributed by atoms with Crippen molar-refractivity contribution in [2.24, 2.45) is 0 Å². The van der Waals surface area contributed by atoms with E-state index in [0.717, 1.165) is 23.3 Å². The molecule has 3 N–H and O–H groups in total. The number of aliphatic hydroxyl groups is 2. The number of benzene rings is 1. The lowest BCUT2D eigenvalue weighted by Gasteiger charge is -2.24. The number of carbonyl (C=O) groups is 1. The number of hydrogen-bond donors (Lipinski definition) is 3. The van der Waals surface area contributed by atoms with Gasteiger partial charge >= 0.3 is 0 Å². The zero-order chi connectivity index (χ0) is 23.2. The Labute approximate surface area is 183 Å². The van der Waals surface area contributed by atoms with Crippen LogP contribution in [-0.2, 0) is 9.53 Å². The molecule has 0 spiro atoms. The van der Waals surface area contributed by atoms with Crippen LogP contribution in [0.5, 0.6) is 0 Å². The van der Waals surface area contributed by atoms with Gasteiger partial charge in [0.15, 0.2) is 11.6 Å². The van der Waals surface area contributed by atoms with Crippen molar-refractivity contribution in [3.8, 4) is 0 Å². The van der Waals surface area contributed by atoms with Gasteiger partial charge in [-0.05, 0) is 38.1 Å². The fourth-order valence-corrected chi connectivity index (χ4v) is 3.87. The minimum absolute atomic E-state index is 0.143. The van der Waals surface area contributed by atoms with Crippen molar-refractivity contribution in [3.05, 3.63) is 65.1 Å². The predicted octanol–water partition coefficient (Wildman–Crippen LogP) is 2.70. The average Bonchev–Trinajstić information content (AvgIpc) is 3.22. The Kier molecular flexibility index (Phi) is 5.47. The summed E-state index contributed by atoms with van der Waals surface area (Å²) in [6.45, 7) is 3.56. The number of likely N-dealkylation sites (N-methyl/N-ethyl adjacent to an activating group) is 1. The van der Waals surface area contributed by atoms with Gasteiger partial charge in [-0.1, -0.05) is 0 Å². The van der Waals surface area contributed by atoms with Crippen LogP contribution in [0, 0.1) is 11.6 Å². The van der Waals surface area contributed by atoms with Gasteiger partial charge in [0, 0.05) is 42.6 Å². The highest BCUT2D eigenvalue weighted by atomic mass is 19.2. The predicted molar refractivity (Wildman–Crippen MR) is 116 cm³/mol. The highest BCUT2D eigenvalue weighted by Crippen LogP contribution is 2.44. The molecule has 2 aromatic rings. The second-order valence-corrected chi connectivity index (χ2v) is 8.30. The molecule has 0 radical (unpaired) electrons. The minimum atomic E-state index is -1.05. The largest absolute Gasteiger partial charge is 0.482 e. The number of halogens is 2. The van der Waals surface area contributed by atoms with Gasteiger partial charge in [0.2, 0.25) is 0 Å². The van der Waals surface area contributed by atoms with E-state index in [1.807, 2.05) is 19.9 Å². The molecule has 7 nitrogen and oxygen atoms in total. The van der Waals surface area contributed by atoms with Crippen molar-refractivity contribution in [2.45, 2.75) is 25.6 Å². The van der Waals surface area contributed by atoms with Gasteiger partial charge in [-0.2, -0.15) is 0 Å². The van der Waals surface area contributed by atoms with Crippen molar-refractivity contribution >= 4 is 28.6 Å². The molecule has 0 saturated carbocycles. The summed E-state index contributed by atoms with van der Waals surface area (Å²) in [5.41, 5.74) is 1.31. The topological polar surface area (TPSA) is 94.9 Å². The fourth-order valence-electron chi connectivity index (χ4n) is 3.87. The number of ether oxygens (including phenoxy) is 1. The van der Waals surface area contributed by atoms with Crippen LogP contribution in [0.3, 0.4) is 0 Å². The number of pyridine rings is 1. The number of aliphatic hydroxyl groups excluding tert-OH is 2. The third kappa shape index (κ3) is 3.85. The summed E-state index contributed by atoms with van der Waals surface area (Å²) in [7, 11) is 1.75. The van der Waals surface area contributed by atoms with E-state index >= 15 is 0 Å². The molecular formula is C23H23F2N3O4. The molecule has 0 bridgehead atoms. The highest BCUT2D eigenvalue weighted by Gasteiger charge is 2.38. The Bertz CT molecular complexity index is 1140. The third-order valence-corrected chi connectivity index (χ3v) is 5.49. The molecule has 1 atom stereocenters. The Morgan fingerprint density at radius 2 is 1.97 bits per heavy atom. The molecule has 0 aliphatic carbocycles. The van der Waals surface area contributed by atoms with Crippen LogP contribution < -0.4 is 10.2 Å². The first-order valence-electron chi connectivity index (χ1n) is 10.0. The summed E-state index contributed by atoms with van der Waals surface area (Å²) < 4.78 is 33.4. The molecule has 1 amide bonds. The smallest absolute Gasteiger partial charge is 0.260 e. The number of hydrogen-bond acceptors (Lipinski definition) is 6. The summed E-state index contributed by atoms with van der Waals surface area (Å²) >= 11 is 0. The molecule has 0 fully saturated rings. The first kappa shape index (κ1) is 21.9. The summed E-state index contributed by atoms with van der Waals surface area (Å²) in [6, 6.07) is 5.55. The number of anilines is 2. The molecule has 2 aliphatic rings. The van der Waals surface area contributed by atoms with E-state index in [0.29, 0.717) is 5.82 Å². The molecular weight excluding hydrogens is 420 g/mol. The number of nitrogens with zero attached hydrogens (tertiary/aromatic N) is 2. The second-order valence-electron chi connectivity index (χ2n) is 8.30. The summed E-state index contributed by atoms with van der Waals surface area (Å²) in [6.07, 6.45) is 2.49. The van der Waals surface area contributed by atoms with E-state index in [1.165, 1.54) is 0 Å². The van der Waals surface area contributed by atoms with Gasteiger partial charge in [0.25, 0.3) is 5.91 Å². The standard InChI is InChI=1S/C23H23F2N3O4/c1-23(2)15(12-4-5-20(26-9-12)28(3)10-13(30)11-29)7-19(32-23)21-14-6-16(24)17(25)8-18(14)27-22(21)31/h4-9,13,29-30H,10-11H2,1-3H3,(H,27,31)/b21-19+. The SMILES string of the molecule is CN(CC(O)CO)c1ccc(C2=C/C(=C3\C(=O)Nc4cc(F)c(F)cc43)OC2(C)C)cn1. The van der Waals surface area contributed by atoms with E-state index in [9.17, 15) is 18.7 Å². The number of nitrogens with one attached hydrogen (secondary N) is 1. The number of amides is 1. The average molecular weight is 443 g/mol. The van der Waals surface area contributed by atoms with Crippen LogP contribution in [0.15, 0.2) is 42.3 Å². The summed E-state index contributed by atoms with van der Waals surface area (Å²) in [4.78, 5) is 18.7. The van der Waals surface area contributed by atoms with Crippen LogP contribution in [0.1, 0.15) is 25.0 Å². The molecule has 3 heterocycles. The van der Waals surface area contributed by atoms with Gasteiger partial charge in [-0.25, -0.2) is 13.8 Å². The van der Waals surface area contributed by atoms with Crippen LogP contribution in [0.25, 0.3) is 11.1 Å². The van der Waals surface area contributed by atoms with Crippen molar-refractivity contribution in [3.63, 3.8) is 0 Å². The van der Waals surface area contributed by atoms with Crippen LogP contribution in [0.2, 0.25) is 0 Å². The van der Waals surface area contributed by atoms with Crippen molar-refractivity contribution in [2.75, 3.05) is 30.4 Å². The van der Waals surface area contributed by atoms with E-state index < -0.39 is 29.2 Å². The van der Waals surface area contributed by atoms with E-state index in [2.05, 4.69) is 10.3 Å². The summed E-state index contributed by atoms with van der Waals surface area (Å²) in [5.74, 6) is -1.71. The fraction of sp³-hybridized carbons (Fsp3) is 0.304. The zero-order valence-electron chi connectivity index (χ0n) is 17.8. The molecule has 2 aliphatic heterocycles. The highest BCUT2D eigenvalue weighted by molar-refractivity contribution is 6.32. The molecule has 168 valence electrons. The molecule has 0 saturated heterocycles. The number of aromatic nitrogens is 1. The van der Waals surface area contributed by atoms with Crippen LogP contribution >= 0.6 is 0 Å². The van der Waals surface area contributed by atoms with Crippen molar-refractivity contribution < 1.29 is 28.5 Å². The number of rotatable bonds is 5. The van der Waals surface area contributed by atoms with Gasteiger partial charge < -0.3 is 25.2 Å². The Morgan fingerprint density at radius 1 is 1.25 bits per heavy atom. The number of allylic oxidation sites excluding steroid dienone is 1. The zero-order valence-corrected chi connectivity index (χ0v) is 17.8. The second kappa shape index (κ2) is 7.99.